The van der Waals surface area contributed by atoms with Gasteiger partial charge in [0.05, 0.1) is 26.0 Å². The lowest BCUT2D eigenvalue weighted by Crippen LogP contribution is -2.20. The number of carboxylic acids is 1. The monoisotopic (exact) mass is 239 g/mol. The minimum absolute atomic E-state index is 0.195. The molecule has 2 N–H and O–H groups in total. The summed E-state index contributed by atoms with van der Waals surface area (Å²) in [6.07, 6.45) is 1.37. The predicted octanol–water partition coefficient (Wildman–Crippen LogP) is 1.66. The van der Waals surface area contributed by atoms with Crippen LogP contribution in [0.1, 0.15) is 23.0 Å². The van der Waals surface area contributed by atoms with E-state index in [0.29, 0.717) is 32.1 Å². The second-order valence-electron chi connectivity index (χ2n) is 3.75. The Bertz CT molecular complexity index is 384. The normalized spacial score (nSPS) is 10.4. The second-order valence-corrected chi connectivity index (χ2v) is 3.75. The van der Waals surface area contributed by atoms with Crippen LogP contribution in [0.25, 0.3) is 0 Å². The molecule has 0 atom stereocenters. The molecule has 0 fully saturated rings. The Morgan fingerprint density at radius 2 is 2.41 bits per heavy atom. The summed E-state index contributed by atoms with van der Waals surface area (Å²) < 4.78 is 10.4. The Balaban J connectivity index is 2.20. The first-order valence-corrected chi connectivity index (χ1v) is 5.33. The van der Waals surface area contributed by atoms with E-state index < -0.39 is 5.97 Å². The molecule has 5 nitrogen and oxygen atoms in total. The molecule has 0 amide bonds. The fourth-order valence-corrected chi connectivity index (χ4v) is 1.26. The minimum atomic E-state index is -0.978. The van der Waals surface area contributed by atoms with Crippen molar-refractivity contribution < 1.29 is 19.1 Å². The highest BCUT2D eigenvalue weighted by atomic mass is 16.5. The van der Waals surface area contributed by atoms with Gasteiger partial charge in [0.1, 0.15) is 11.3 Å². The van der Waals surface area contributed by atoms with Gasteiger partial charge in [-0.25, -0.2) is 4.79 Å². The molecule has 1 aromatic rings. The molecule has 0 aromatic carbocycles. The maximum atomic E-state index is 10.8. The topological polar surface area (TPSA) is 71.7 Å². The fourth-order valence-electron chi connectivity index (χ4n) is 1.26. The first-order valence-electron chi connectivity index (χ1n) is 5.33. The summed E-state index contributed by atoms with van der Waals surface area (Å²) in [4.78, 5) is 10.8. The Morgan fingerprint density at radius 3 is 3.06 bits per heavy atom. The van der Waals surface area contributed by atoms with Gasteiger partial charge in [-0.3, -0.25) is 0 Å². The Kier molecular flexibility index (Phi) is 5.45. The summed E-state index contributed by atoms with van der Waals surface area (Å²) in [5.41, 5.74) is 1.17. The van der Waals surface area contributed by atoms with Crippen LogP contribution in [-0.2, 0) is 11.3 Å². The zero-order valence-corrected chi connectivity index (χ0v) is 9.86. The fraction of sp³-hybridized carbons (Fsp3) is 0.417. The molecule has 0 unspecified atom stereocenters. The average Bonchev–Trinajstić information content (AvgIpc) is 2.71. The molecule has 0 radical (unpaired) electrons. The molecule has 0 bridgehead atoms. The number of aromatic carboxylic acids is 1. The van der Waals surface area contributed by atoms with Crippen LogP contribution >= 0.6 is 0 Å². The quantitative estimate of drug-likeness (QED) is 0.533. The van der Waals surface area contributed by atoms with Crippen LogP contribution in [-0.4, -0.2) is 30.8 Å². The molecule has 17 heavy (non-hydrogen) atoms. The number of nitrogens with one attached hydrogen (secondary N) is 1. The van der Waals surface area contributed by atoms with Gasteiger partial charge in [0, 0.05) is 6.54 Å². The smallest absolute Gasteiger partial charge is 0.339 e. The lowest BCUT2D eigenvalue weighted by Gasteiger charge is -2.05. The predicted molar refractivity (Wildman–Crippen MR) is 63.0 cm³/mol. The van der Waals surface area contributed by atoms with Gasteiger partial charge < -0.3 is 19.6 Å². The van der Waals surface area contributed by atoms with Crippen molar-refractivity contribution >= 4 is 5.97 Å². The van der Waals surface area contributed by atoms with E-state index >= 15 is 0 Å². The lowest BCUT2D eigenvalue weighted by atomic mass is 10.2. The standard InChI is InChI=1S/C12H17NO4/c1-9(2)8-16-6-4-13-7-11-10(12(14)15)3-5-17-11/h3,5,13H,1,4,6-8H2,2H3,(H,14,15). The molecular weight excluding hydrogens is 222 g/mol. The van der Waals surface area contributed by atoms with Crippen molar-refractivity contribution in [2.24, 2.45) is 0 Å². The van der Waals surface area contributed by atoms with E-state index in [4.69, 9.17) is 14.3 Å². The number of carboxylic acid groups (broad SMARTS) is 1. The number of hydrogen-bond donors (Lipinski definition) is 2. The number of furan rings is 1. The maximum Gasteiger partial charge on any atom is 0.339 e. The van der Waals surface area contributed by atoms with Crippen molar-refractivity contribution in [3.05, 3.63) is 35.8 Å². The number of carbonyl (C=O) groups is 1. The van der Waals surface area contributed by atoms with Crippen LogP contribution in [0, 0.1) is 0 Å². The summed E-state index contributed by atoms with van der Waals surface area (Å²) in [6.45, 7) is 7.73. The molecule has 94 valence electrons. The summed E-state index contributed by atoms with van der Waals surface area (Å²) >= 11 is 0. The third kappa shape index (κ3) is 4.84. The van der Waals surface area contributed by atoms with E-state index in [1.165, 1.54) is 12.3 Å². The third-order valence-electron chi connectivity index (χ3n) is 2.03. The number of hydrogen-bond acceptors (Lipinski definition) is 4. The van der Waals surface area contributed by atoms with E-state index in [2.05, 4.69) is 11.9 Å². The SMILES string of the molecule is C=C(C)COCCNCc1occc1C(=O)O. The van der Waals surface area contributed by atoms with Crippen LogP contribution in [0.4, 0.5) is 0 Å². The van der Waals surface area contributed by atoms with Gasteiger partial charge in [0.25, 0.3) is 0 Å². The highest BCUT2D eigenvalue weighted by molar-refractivity contribution is 5.88. The molecule has 0 spiro atoms. The van der Waals surface area contributed by atoms with Crippen molar-refractivity contribution in [3.63, 3.8) is 0 Å². The van der Waals surface area contributed by atoms with Gasteiger partial charge in [-0.1, -0.05) is 12.2 Å². The molecule has 0 aliphatic heterocycles. The first kappa shape index (κ1) is 13.5. The Hall–Kier alpha value is -1.59. The van der Waals surface area contributed by atoms with Crippen molar-refractivity contribution in [2.45, 2.75) is 13.5 Å². The van der Waals surface area contributed by atoms with E-state index in [1.807, 2.05) is 6.92 Å². The van der Waals surface area contributed by atoms with Gasteiger partial charge in [-0.05, 0) is 13.0 Å². The second kappa shape index (κ2) is 6.88. The molecule has 0 saturated heterocycles. The van der Waals surface area contributed by atoms with Crippen LogP contribution in [0.3, 0.4) is 0 Å². The van der Waals surface area contributed by atoms with Crippen molar-refractivity contribution in [1.82, 2.24) is 5.32 Å². The molecule has 1 aromatic heterocycles. The summed E-state index contributed by atoms with van der Waals surface area (Å²) in [6, 6.07) is 1.44. The molecule has 0 saturated carbocycles. The lowest BCUT2D eigenvalue weighted by molar-refractivity contribution is 0.0694. The van der Waals surface area contributed by atoms with Crippen molar-refractivity contribution in [1.29, 1.82) is 0 Å². The van der Waals surface area contributed by atoms with Crippen LogP contribution < -0.4 is 5.32 Å². The van der Waals surface area contributed by atoms with Gasteiger partial charge in [-0.15, -0.1) is 0 Å². The molecule has 0 aliphatic carbocycles. The van der Waals surface area contributed by atoms with Crippen molar-refractivity contribution in [2.75, 3.05) is 19.8 Å². The maximum absolute atomic E-state index is 10.8. The van der Waals surface area contributed by atoms with Crippen LogP contribution in [0.15, 0.2) is 28.9 Å². The van der Waals surface area contributed by atoms with E-state index in [1.54, 1.807) is 0 Å². The molecule has 1 rings (SSSR count). The molecule has 1 heterocycles. The van der Waals surface area contributed by atoms with E-state index in [0.717, 1.165) is 5.57 Å². The number of ether oxygens (including phenoxy) is 1. The molecule has 5 heteroatoms. The molecular formula is C12H17NO4. The van der Waals surface area contributed by atoms with E-state index in [9.17, 15) is 4.79 Å². The highest BCUT2D eigenvalue weighted by Gasteiger charge is 2.12. The zero-order valence-electron chi connectivity index (χ0n) is 9.86. The molecule has 0 aliphatic rings. The van der Waals surface area contributed by atoms with Gasteiger partial charge in [0.2, 0.25) is 0 Å². The summed E-state index contributed by atoms with van der Waals surface area (Å²) in [5, 5.41) is 11.9. The minimum Gasteiger partial charge on any atom is -0.478 e. The van der Waals surface area contributed by atoms with Crippen molar-refractivity contribution in [3.8, 4) is 0 Å². The Labute approximate surface area is 100 Å². The third-order valence-corrected chi connectivity index (χ3v) is 2.03. The largest absolute Gasteiger partial charge is 0.478 e. The van der Waals surface area contributed by atoms with E-state index in [-0.39, 0.29) is 5.56 Å². The summed E-state index contributed by atoms with van der Waals surface area (Å²) in [7, 11) is 0. The highest BCUT2D eigenvalue weighted by Crippen LogP contribution is 2.09. The van der Waals surface area contributed by atoms with Gasteiger partial charge in [0.15, 0.2) is 0 Å². The summed E-state index contributed by atoms with van der Waals surface area (Å²) in [5.74, 6) is -0.550. The first-order chi connectivity index (χ1) is 8.11. The zero-order chi connectivity index (χ0) is 12.7. The Morgan fingerprint density at radius 1 is 1.65 bits per heavy atom. The average molecular weight is 239 g/mol. The van der Waals surface area contributed by atoms with Gasteiger partial charge in [-0.2, -0.15) is 0 Å². The number of rotatable bonds is 8. The van der Waals surface area contributed by atoms with Crippen LogP contribution in [0.5, 0.6) is 0 Å². The van der Waals surface area contributed by atoms with Crippen LogP contribution in [0.2, 0.25) is 0 Å². The van der Waals surface area contributed by atoms with Gasteiger partial charge >= 0.3 is 5.97 Å².